The average Bonchev–Trinajstić information content (AvgIpc) is 3.46. The molecule has 0 saturated heterocycles. The number of halogens is 3. The van der Waals surface area contributed by atoms with Crippen molar-refractivity contribution in [3.8, 4) is 0 Å². The van der Waals surface area contributed by atoms with Crippen molar-refractivity contribution < 1.29 is 0 Å². The van der Waals surface area contributed by atoms with Gasteiger partial charge < -0.3 is 9.97 Å². The smallest absolute Gasteiger partial charge is 0.0801 e. The molecule has 0 amide bonds. The summed E-state index contributed by atoms with van der Waals surface area (Å²) in [4.78, 5) is 16.3. The van der Waals surface area contributed by atoms with Crippen LogP contribution in [0.25, 0.3) is 46.4 Å². The van der Waals surface area contributed by atoms with Crippen LogP contribution in [-0.4, -0.2) is 19.9 Å². The van der Waals surface area contributed by atoms with Gasteiger partial charge in [-0.1, -0.05) is 0 Å². The number of nitrogens with zero attached hydrogens (tertiary/aromatic N) is 2. The number of hydrogen-bond acceptors (Lipinski definition) is 2. The molecule has 5 heterocycles. The number of fused-ring (bicyclic) bond motifs is 8. The van der Waals surface area contributed by atoms with Crippen LogP contribution in [0.3, 0.4) is 0 Å². The van der Waals surface area contributed by atoms with E-state index in [0.29, 0.717) is 0 Å². The van der Waals surface area contributed by atoms with Gasteiger partial charge in [-0.2, -0.15) is 0 Å². The van der Waals surface area contributed by atoms with E-state index >= 15 is 0 Å². The standard InChI is InChI=1S/C20H11Br3N4/c21-18-12-3-1-10(24-12)9-11-2-4-13(25-11)19(22)15-6-8-17(27-15)20(23)16-7-5-14(18)26-16/h1-9,24,27H. The van der Waals surface area contributed by atoms with Crippen LogP contribution in [0.4, 0.5) is 0 Å². The van der Waals surface area contributed by atoms with Crippen molar-refractivity contribution in [3.63, 3.8) is 0 Å². The van der Waals surface area contributed by atoms with Crippen molar-refractivity contribution >= 4 is 94.2 Å². The molecule has 0 atom stereocenters. The van der Waals surface area contributed by atoms with E-state index in [1.54, 1.807) is 0 Å². The first kappa shape index (κ1) is 17.2. The maximum absolute atomic E-state index is 4.75. The minimum Gasteiger partial charge on any atom is -0.354 e. The van der Waals surface area contributed by atoms with Crippen molar-refractivity contribution in [3.05, 3.63) is 66.5 Å². The van der Waals surface area contributed by atoms with Crippen LogP contribution in [0.2, 0.25) is 0 Å². The fraction of sp³-hybridized carbons (Fsp3) is 0. The van der Waals surface area contributed by atoms with Gasteiger partial charge in [-0.25, -0.2) is 9.97 Å². The van der Waals surface area contributed by atoms with Crippen molar-refractivity contribution in [2.45, 2.75) is 0 Å². The Morgan fingerprint density at radius 2 is 1.11 bits per heavy atom. The third-order valence-electron chi connectivity index (χ3n) is 4.38. The first-order chi connectivity index (χ1) is 13.1. The first-order valence-corrected chi connectivity index (χ1v) is 10.6. The van der Waals surface area contributed by atoms with Crippen LogP contribution in [0.15, 0.2) is 43.7 Å². The monoisotopic (exact) mass is 544 g/mol. The van der Waals surface area contributed by atoms with Gasteiger partial charge in [0.2, 0.25) is 0 Å². The predicted octanol–water partition coefficient (Wildman–Crippen LogP) is 6.94. The lowest BCUT2D eigenvalue weighted by atomic mass is 10.3. The Bertz CT molecular complexity index is 1310. The van der Waals surface area contributed by atoms with Gasteiger partial charge >= 0.3 is 0 Å². The number of aromatic amines is 2. The topological polar surface area (TPSA) is 57.4 Å². The van der Waals surface area contributed by atoms with Crippen molar-refractivity contribution in [1.29, 1.82) is 0 Å². The fourth-order valence-electron chi connectivity index (χ4n) is 3.04. The highest BCUT2D eigenvalue weighted by Gasteiger charge is 2.10. The summed E-state index contributed by atoms with van der Waals surface area (Å²) in [5.41, 5.74) is 7.38. The lowest BCUT2D eigenvalue weighted by Crippen LogP contribution is -1.80. The van der Waals surface area contributed by atoms with Crippen LogP contribution in [-0.2, 0) is 0 Å². The minimum atomic E-state index is 0.866. The van der Waals surface area contributed by atoms with Crippen LogP contribution in [0.5, 0.6) is 0 Å². The molecule has 8 bridgehead atoms. The summed E-state index contributed by atoms with van der Waals surface area (Å²) in [6.45, 7) is 0. The van der Waals surface area contributed by atoms with E-state index in [1.165, 1.54) is 0 Å². The van der Waals surface area contributed by atoms with Gasteiger partial charge in [0.25, 0.3) is 0 Å². The summed E-state index contributed by atoms with van der Waals surface area (Å²) in [5, 5.41) is 0. The minimum absolute atomic E-state index is 0.866. The molecule has 0 aromatic carbocycles. The second-order valence-corrected chi connectivity index (χ2v) is 8.55. The van der Waals surface area contributed by atoms with Crippen molar-refractivity contribution in [2.75, 3.05) is 0 Å². The Morgan fingerprint density at radius 1 is 0.593 bits per heavy atom. The van der Waals surface area contributed by atoms with Crippen LogP contribution >= 0.6 is 47.8 Å². The number of H-pyrrole nitrogens is 2. The second kappa shape index (κ2) is 6.58. The Labute approximate surface area is 179 Å². The highest BCUT2D eigenvalue weighted by molar-refractivity contribution is 9.11. The van der Waals surface area contributed by atoms with E-state index in [2.05, 4.69) is 57.8 Å². The summed E-state index contributed by atoms with van der Waals surface area (Å²) < 4.78 is 2.74. The number of nitrogens with one attached hydrogen (secondary N) is 2. The zero-order valence-corrected chi connectivity index (χ0v) is 18.5. The number of rotatable bonds is 0. The average molecular weight is 547 g/mol. The molecule has 2 N–H and O–H groups in total. The van der Waals surface area contributed by atoms with Crippen LogP contribution in [0.1, 0.15) is 22.8 Å². The van der Waals surface area contributed by atoms with Crippen LogP contribution < -0.4 is 0 Å². The maximum Gasteiger partial charge on any atom is 0.0801 e. The quantitative estimate of drug-likeness (QED) is 0.221. The van der Waals surface area contributed by atoms with E-state index in [-0.39, 0.29) is 0 Å². The normalized spacial score (nSPS) is 12.7. The molecule has 2 aliphatic heterocycles. The molecule has 0 fully saturated rings. The molecule has 3 aromatic heterocycles. The molecular weight excluding hydrogens is 536 g/mol. The van der Waals surface area contributed by atoms with Gasteiger partial charge in [0, 0.05) is 5.52 Å². The molecule has 0 spiro atoms. The van der Waals surface area contributed by atoms with Crippen LogP contribution in [0, 0.1) is 0 Å². The van der Waals surface area contributed by atoms with Gasteiger partial charge in [0.05, 0.1) is 52.7 Å². The summed E-state index contributed by atoms with van der Waals surface area (Å²) in [6.07, 6.45) is 8.01. The second-order valence-electron chi connectivity index (χ2n) is 6.17. The summed E-state index contributed by atoms with van der Waals surface area (Å²) in [5.74, 6) is 0. The lowest BCUT2D eigenvalue weighted by molar-refractivity contribution is 1.29. The highest BCUT2D eigenvalue weighted by atomic mass is 79.9. The first-order valence-electron chi connectivity index (χ1n) is 8.18. The molecule has 0 saturated carbocycles. The third kappa shape index (κ3) is 3.03. The predicted molar refractivity (Wildman–Crippen MR) is 122 cm³/mol. The van der Waals surface area contributed by atoms with Gasteiger partial charge in [-0.15, -0.1) is 0 Å². The summed E-state index contributed by atoms with van der Waals surface area (Å²) in [6, 6.07) is 10.1. The summed E-state index contributed by atoms with van der Waals surface area (Å²) >= 11 is 11.0. The largest absolute Gasteiger partial charge is 0.354 e. The molecule has 5 rings (SSSR count). The maximum atomic E-state index is 4.75. The Kier molecular flexibility index (Phi) is 4.18. The van der Waals surface area contributed by atoms with Crippen molar-refractivity contribution in [2.24, 2.45) is 0 Å². The van der Waals surface area contributed by atoms with E-state index in [9.17, 15) is 0 Å². The van der Waals surface area contributed by atoms with E-state index in [1.807, 2.05) is 54.6 Å². The van der Waals surface area contributed by atoms with E-state index in [4.69, 9.17) is 9.97 Å². The van der Waals surface area contributed by atoms with Gasteiger partial charge in [-0.05, 0) is 102 Å². The third-order valence-corrected chi connectivity index (χ3v) is 6.88. The Morgan fingerprint density at radius 3 is 1.78 bits per heavy atom. The number of aromatic nitrogens is 4. The van der Waals surface area contributed by atoms with Crippen molar-refractivity contribution in [1.82, 2.24) is 19.9 Å². The molecular formula is C20H11Br3N4. The molecule has 0 aliphatic carbocycles. The molecule has 4 nitrogen and oxygen atoms in total. The highest BCUT2D eigenvalue weighted by Crippen LogP contribution is 2.30. The fourth-order valence-corrected chi connectivity index (χ4v) is 4.39. The SMILES string of the molecule is Brc1c2nc(c(Br)c3ccc([nH]3)c(Br)c3nc(cc4ccc1[nH]4)C=C3)C=C2. The molecule has 7 heteroatoms. The molecule has 2 aliphatic rings. The van der Waals surface area contributed by atoms with Gasteiger partial charge in [-0.3, -0.25) is 0 Å². The molecule has 27 heavy (non-hydrogen) atoms. The summed E-state index contributed by atoms with van der Waals surface area (Å²) in [7, 11) is 0. The number of hydrogen-bond donors (Lipinski definition) is 2. The zero-order chi connectivity index (χ0) is 18.5. The lowest BCUT2D eigenvalue weighted by Gasteiger charge is -1.94. The van der Waals surface area contributed by atoms with Gasteiger partial charge in [0.15, 0.2) is 0 Å². The molecule has 132 valence electrons. The van der Waals surface area contributed by atoms with E-state index in [0.717, 1.165) is 58.3 Å². The Hall–Kier alpha value is -1.96. The molecule has 0 radical (unpaired) electrons. The Balaban J connectivity index is 1.94. The van der Waals surface area contributed by atoms with Gasteiger partial charge in [0.1, 0.15) is 0 Å². The zero-order valence-electron chi connectivity index (χ0n) is 13.7. The molecule has 3 aromatic rings. The van der Waals surface area contributed by atoms with E-state index < -0.39 is 0 Å². The molecule has 0 unspecified atom stereocenters.